The van der Waals surface area contributed by atoms with Crippen molar-refractivity contribution < 1.29 is 8.85 Å². The predicted molar refractivity (Wildman–Crippen MR) is 82.5 cm³/mol. The van der Waals surface area contributed by atoms with Gasteiger partial charge in [0.15, 0.2) is 0 Å². The first-order chi connectivity index (χ1) is 8.79. The number of rotatable bonds is 9. The summed E-state index contributed by atoms with van der Waals surface area (Å²) in [7, 11) is -2.28. The minimum Gasteiger partial charge on any atom is -0.391 e. The Balaban J connectivity index is 2.92. The highest BCUT2D eigenvalue weighted by atomic mass is 32.2. The zero-order valence-electron chi connectivity index (χ0n) is 11.2. The number of hydrogen-bond donors (Lipinski definition) is 0. The monoisotopic (exact) mass is 282 g/mol. The molecule has 0 aliphatic rings. The van der Waals surface area contributed by atoms with E-state index in [1.54, 1.807) is 11.8 Å². The molecule has 0 unspecified atom stereocenters. The molecular weight excluding hydrogens is 260 g/mol. The number of benzene rings is 1. The summed E-state index contributed by atoms with van der Waals surface area (Å²) in [6.07, 6.45) is 0. The molecule has 0 aromatic heterocycles. The molecule has 0 heterocycles. The molecule has 0 radical (unpaired) electrons. The second kappa shape index (κ2) is 8.53. The molecular formula is C14H22O2SSi. The largest absolute Gasteiger partial charge is 0.391 e. The minimum atomic E-state index is -2.28. The van der Waals surface area contributed by atoms with Gasteiger partial charge in [-0.05, 0) is 30.2 Å². The van der Waals surface area contributed by atoms with E-state index in [0.29, 0.717) is 13.2 Å². The van der Waals surface area contributed by atoms with Gasteiger partial charge in [0.25, 0.3) is 0 Å². The lowest BCUT2D eigenvalue weighted by Gasteiger charge is -2.30. The summed E-state index contributed by atoms with van der Waals surface area (Å²) in [6, 6.07) is 11.3. The van der Waals surface area contributed by atoms with Gasteiger partial charge in [-0.3, -0.25) is 0 Å². The second-order valence-corrected chi connectivity index (χ2v) is 8.01. The molecule has 1 rings (SSSR count). The third-order valence-corrected chi connectivity index (χ3v) is 7.30. The molecule has 0 bridgehead atoms. The number of thioether (sulfide) groups is 1. The first-order valence-corrected chi connectivity index (χ1v) is 9.42. The van der Waals surface area contributed by atoms with Gasteiger partial charge in [0.05, 0.1) is 0 Å². The predicted octanol–water partition coefficient (Wildman–Crippen LogP) is 3.29. The van der Waals surface area contributed by atoms with Gasteiger partial charge in [0, 0.05) is 19.3 Å². The average molecular weight is 282 g/mol. The van der Waals surface area contributed by atoms with Gasteiger partial charge in [0.2, 0.25) is 0 Å². The fourth-order valence-corrected chi connectivity index (χ4v) is 6.27. The molecule has 100 valence electrons. The highest BCUT2D eigenvalue weighted by Gasteiger charge is 2.38. The maximum Gasteiger partial charge on any atom is 0.373 e. The Morgan fingerprint density at radius 3 is 2.28 bits per heavy atom. The van der Waals surface area contributed by atoms with Crippen molar-refractivity contribution in [1.82, 2.24) is 0 Å². The Morgan fingerprint density at radius 2 is 1.78 bits per heavy atom. The highest BCUT2D eigenvalue weighted by molar-refractivity contribution is 8.02. The van der Waals surface area contributed by atoms with Gasteiger partial charge in [0.1, 0.15) is 0 Å². The van der Waals surface area contributed by atoms with Gasteiger partial charge in [-0.15, -0.1) is 11.8 Å². The molecule has 4 heteroatoms. The Labute approximate surface area is 116 Å². The van der Waals surface area contributed by atoms with Crippen LogP contribution in [0.3, 0.4) is 0 Å². The first-order valence-electron chi connectivity index (χ1n) is 6.35. The smallest absolute Gasteiger partial charge is 0.373 e. The quantitative estimate of drug-likeness (QED) is 0.511. The molecule has 0 amide bonds. The van der Waals surface area contributed by atoms with E-state index in [-0.39, 0.29) is 0 Å². The maximum atomic E-state index is 6.07. The van der Waals surface area contributed by atoms with E-state index in [0.717, 1.165) is 11.8 Å². The third-order valence-electron chi connectivity index (χ3n) is 2.64. The fourth-order valence-electron chi connectivity index (χ4n) is 1.93. The van der Waals surface area contributed by atoms with Crippen LogP contribution in [0.1, 0.15) is 13.8 Å². The molecule has 1 aromatic rings. The van der Waals surface area contributed by atoms with Crippen LogP contribution in [0.25, 0.3) is 0 Å². The molecule has 0 saturated heterocycles. The molecule has 0 spiro atoms. The van der Waals surface area contributed by atoms with Crippen LogP contribution in [0.5, 0.6) is 0 Å². The summed E-state index contributed by atoms with van der Waals surface area (Å²) in [5.41, 5.74) is 0. The van der Waals surface area contributed by atoms with Crippen LogP contribution in [0.4, 0.5) is 0 Å². The zero-order valence-corrected chi connectivity index (χ0v) is 13.0. The van der Waals surface area contributed by atoms with E-state index in [9.17, 15) is 0 Å². The van der Waals surface area contributed by atoms with Crippen LogP contribution in [0.15, 0.2) is 42.3 Å². The normalized spacial score (nSPS) is 11.4. The van der Waals surface area contributed by atoms with E-state index >= 15 is 0 Å². The molecule has 0 saturated carbocycles. The maximum absolute atomic E-state index is 6.07. The molecule has 0 fully saturated rings. The summed E-state index contributed by atoms with van der Waals surface area (Å²) in [4.78, 5) is 0. The van der Waals surface area contributed by atoms with Gasteiger partial charge in [-0.2, -0.15) is 0 Å². The van der Waals surface area contributed by atoms with Crippen molar-refractivity contribution in [2.45, 2.75) is 19.9 Å². The first kappa shape index (κ1) is 15.5. The third kappa shape index (κ3) is 4.28. The van der Waals surface area contributed by atoms with E-state index in [1.807, 2.05) is 25.3 Å². The molecule has 1 aromatic carbocycles. The van der Waals surface area contributed by atoms with E-state index in [1.165, 1.54) is 5.19 Å². The lowest BCUT2D eigenvalue weighted by molar-refractivity contribution is 0.197. The molecule has 0 aliphatic heterocycles. The summed E-state index contributed by atoms with van der Waals surface area (Å²) in [6.45, 7) is 9.19. The van der Waals surface area contributed by atoms with Crippen molar-refractivity contribution >= 4 is 25.5 Å². The van der Waals surface area contributed by atoms with Gasteiger partial charge in [-0.25, -0.2) is 0 Å². The van der Waals surface area contributed by atoms with Crippen LogP contribution < -0.4 is 5.19 Å². The van der Waals surface area contributed by atoms with Crippen molar-refractivity contribution in [3.05, 3.63) is 42.3 Å². The molecule has 0 N–H and O–H groups in total. The fraction of sp³-hybridized carbons (Fsp3) is 0.429. The lowest BCUT2D eigenvalue weighted by atomic mass is 10.4. The van der Waals surface area contributed by atoms with Gasteiger partial charge < -0.3 is 8.85 Å². The highest BCUT2D eigenvalue weighted by Crippen LogP contribution is 2.18. The summed E-state index contributed by atoms with van der Waals surface area (Å²) in [5, 5.41) is 3.10. The standard InChI is InChI=1S/C14H22O2SSi/c1-4-15-18(16-5-2,13-12-17-6-3)14-10-8-7-9-11-14/h6-11H,3-5,12-13H2,1-2H3. The molecule has 2 nitrogen and oxygen atoms in total. The Kier molecular flexibility index (Phi) is 7.35. The zero-order chi connectivity index (χ0) is 13.3. The molecule has 0 atom stereocenters. The van der Waals surface area contributed by atoms with E-state index < -0.39 is 8.56 Å². The van der Waals surface area contributed by atoms with E-state index in [4.69, 9.17) is 8.85 Å². The van der Waals surface area contributed by atoms with Crippen LogP contribution in [0, 0.1) is 0 Å². The Hall–Kier alpha value is -0.553. The van der Waals surface area contributed by atoms with Crippen molar-refractivity contribution in [1.29, 1.82) is 0 Å². The summed E-state index contributed by atoms with van der Waals surface area (Å²) < 4.78 is 12.1. The molecule has 0 aliphatic carbocycles. The van der Waals surface area contributed by atoms with Crippen molar-refractivity contribution in [2.75, 3.05) is 19.0 Å². The van der Waals surface area contributed by atoms with E-state index in [2.05, 4.69) is 30.8 Å². The van der Waals surface area contributed by atoms with Crippen molar-refractivity contribution in [3.8, 4) is 0 Å². The van der Waals surface area contributed by atoms with Crippen molar-refractivity contribution in [2.24, 2.45) is 0 Å². The second-order valence-electron chi connectivity index (χ2n) is 3.77. The van der Waals surface area contributed by atoms with Crippen molar-refractivity contribution in [3.63, 3.8) is 0 Å². The Bertz CT molecular complexity index is 337. The Morgan fingerprint density at radius 1 is 1.17 bits per heavy atom. The topological polar surface area (TPSA) is 18.5 Å². The van der Waals surface area contributed by atoms with Gasteiger partial charge >= 0.3 is 8.56 Å². The summed E-state index contributed by atoms with van der Waals surface area (Å²) >= 11 is 1.72. The average Bonchev–Trinajstić information content (AvgIpc) is 2.40. The number of hydrogen-bond acceptors (Lipinski definition) is 3. The van der Waals surface area contributed by atoms with Crippen LogP contribution >= 0.6 is 11.8 Å². The summed E-state index contributed by atoms with van der Waals surface area (Å²) in [5.74, 6) is 0.991. The van der Waals surface area contributed by atoms with Gasteiger partial charge in [-0.1, -0.05) is 36.9 Å². The van der Waals surface area contributed by atoms with Crippen LogP contribution in [-0.2, 0) is 8.85 Å². The van der Waals surface area contributed by atoms with Crippen LogP contribution in [-0.4, -0.2) is 27.5 Å². The lowest BCUT2D eigenvalue weighted by Crippen LogP contribution is -2.54. The van der Waals surface area contributed by atoms with Crippen LogP contribution in [0.2, 0.25) is 6.04 Å². The molecule has 18 heavy (non-hydrogen) atoms. The SMILES string of the molecule is C=CSCC[Si](OCC)(OCC)c1ccccc1. The minimum absolute atomic E-state index is 0.694.